The number of nitrogens with zero attached hydrogens (tertiary/aromatic N) is 4. The lowest BCUT2D eigenvalue weighted by Gasteiger charge is -2.26. The Kier molecular flexibility index (Phi) is 8.50. The van der Waals surface area contributed by atoms with Crippen LogP contribution in [0.4, 0.5) is 16.0 Å². The zero-order chi connectivity index (χ0) is 28.9. The van der Waals surface area contributed by atoms with Crippen molar-refractivity contribution in [3.8, 4) is 11.3 Å². The van der Waals surface area contributed by atoms with E-state index in [4.69, 9.17) is 26.3 Å². The van der Waals surface area contributed by atoms with E-state index in [-0.39, 0.29) is 11.7 Å². The highest BCUT2D eigenvalue weighted by molar-refractivity contribution is 6.31. The smallest absolute Gasteiger partial charge is 0.251 e. The fourth-order valence-electron chi connectivity index (χ4n) is 5.13. The fourth-order valence-corrected chi connectivity index (χ4v) is 5.31. The number of nitrogens with one attached hydrogen (secondary N) is 2. The Bertz CT molecular complexity index is 1620. The third-order valence-corrected chi connectivity index (χ3v) is 7.57. The van der Waals surface area contributed by atoms with Crippen LogP contribution >= 0.6 is 11.6 Å². The SMILES string of the molecule is O=C(NCCCN1CCOCC1)c1ccc(Nc2ncc3c(n2)-c2ccc(Cl)cc2C(c2ccccc2F)=NC3)cc1. The molecule has 8 nitrogen and oxygen atoms in total. The minimum atomic E-state index is -0.355. The van der Waals surface area contributed by atoms with Gasteiger partial charge in [-0.3, -0.25) is 14.7 Å². The van der Waals surface area contributed by atoms with Crippen LogP contribution in [0.25, 0.3) is 11.3 Å². The van der Waals surface area contributed by atoms with E-state index in [0.717, 1.165) is 56.1 Å². The number of rotatable bonds is 8. The molecule has 2 aliphatic rings. The molecule has 0 atom stereocenters. The lowest BCUT2D eigenvalue weighted by molar-refractivity contribution is 0.0374. The number of morpholine rings is 1. The number of hydrogen-bond donors (Lipinski definition) is 2. The summed E-state index contributed by atoms with van der Waals surface area (Å²) in [6.45, 7) is 5.29. The second-order valence-electron chi connectivity index (χ2n) is 10.2. The monoisotopic (exact) mass is 584 g/mol. The van der Waals surface area contributed by atoms with Crippen LogP contribution in [0.2, 0.25) is 5.02 Å². The van der Waals surface area contributed by atoms with Crippen LogP contribution in [-0.4, -0.2) is 65.9 Å². The van der Waals surface area contributed by atoms with Crippen molar-refractivity contribution in [1.82, 2.24) is 20.2 Å². The summed E-state index contributed by atoms with van der Waals surface area (Å²) >= 11 is 6.36. The molecule has 3 aromatic carbocycles. The molecule has 1 saturated heterocycles. The zero-order valence-corrected chi connectivity index (χ0v) is 23.7. The van der Waals surface area contributed by atoms with Crippen molar-refractivity contribution in [2.24, 2.45) is 4.99 Å². The van der Waals surface area contributed by atoms with Gasteiger partial charge in [-0.2, -0.15) is 0 Å². The van der Waals surface area contributed by atoms with Gasteiger partial charge in [-0.1, -0.05) is 29.8 Å². The summed E-state index contributed by atoms with van der Waals surface area (Å²) in [4.78, 5) is 29.0. The van der Waals surface area contributed by atoms with Crippen LogP contribution in [0.1, 0.15) is 33.5 Å². The van der Waals surface area contributed by atoms with Gasteiger partial charge < -0.3 is 15.4 Å². The lowest BCUT2D eigenvalue weighted by atomic mass is 9.95. The van der Waals surface area contributed by atoms with Gasteiger partial charge in [0.1, 0.15) is 5.82 Å². The van der Waals surface area contributed by atoms with Crippen LogP contribution in [0.5, 0.6) is 0 Å². The average molecular weight is 585 g/mol. The number of amides is 1. The molecular formula is C32H30ClFN6O2. The normalized spacial score (nSPS) is 14.8. The summed E-state index contributed by atoms with van der Waals surface area (Å²) in [5.41, 5.74) is 5.26. The topological polar surface area (TPSA) is 91.7 Å². The molecule has 0 spiro atoms. The van der Waals surface area contributed by atoms with Gasteiger partial charge in [0.05, 0.1) is 31.2 Å². The molecule has 2 aliphatic heterocycles. The summed E-state index contributed by atoms with van der Waals surface area (Å²) in [6.07, 6.45) is 2.62. The molecular weight excluding hydrogens is 555 g/mol. The number of fused-ring (bicyclic) bond motifs is 3. The molecule has 10 heteroatoms. The van der Waals surface area contributed by atoms with E-state index in [1.54, 1.807) is 48.7 Å². The minimum Gasteiger partial charge on any atom is -0.379 e. The minimum absolute atomic E-state index is 0.106. The molecule has 0 aliphatic carbocycles. The van der Waals surface area contributed by atoms with E-state index >= 15 is 0 Å². The van der Waals surface area contributed by atoms with E-state index in [9.17, 15) is 9.18 Å². The number of carbonyl (C=O) groups excluding carboxylic acids is 1. The van der Waals surface area contributed by atoms with Crippen molar-refractivity contribution in [3.63, 3.8) is 0 Å². The largest absolute Gasteiger partial charge is 0.379 e. The highest BCUT2D eigenvalue weighted by atomic mass is 35.5. The standard InChI is InChI=1S/C32H30ClFN6O2/c33-23-8-11-25-27(18-23)30(26-4-1-2-5-28(26)34)36-19-22-20-37-32(39-29(22)25)38-24-9-6-21(7-10-24)31(41)35-12-3-13-40-14-16-42-17-15-40/h1-2,4-11,18,20H,3,12-17,19H2,(H,35,41)(H,37,38,39). The molecule has 0 unspecified atom stereocenters. The molecule has 1 fully saturated rings. The maximum absolute atomic E-state index is 14.8. The van der Waals surface area contributed by atoms with Gasteiger partial charge >= 0.3 is 0 Å². The van der Waals surface area contributed by atoms with Gasteiger partial charge in [0.2, 0.25) is 5.95 Å². The van der Waals surface area contributed by atoms with Crippen molar-refractivity contribution < 1.29 is 13.9 Å². The second-order valence-corrected chi connectivity index (χ2v) is 10.6. The average Bonchev–Trinajstić information content (AvgIpc) is 3.16. The predicted octanol–water partition coefficient (Wildman–Crippen LogP) is 5.48. The maximum atomic E-state index is 14.8. The van der Waals surface area contributed by atoms with Crippen molar-refractivity contribution in [3.05, 3.63) is 106 Å². The number of benzene rings is 3. The third kappa shape index (κ3) is 6.33. The van der Waals surface area contributed by atoms with E-state index < -0.39 is 0 Å². The summed E-state index contributed by atoms with van der Waals surface area (Å²) in [5.74, 6) is -0.0678. The Balaban J connectivity index is 1.15. The second kappa shape index (κ2) is 12.8. The molecule has 214 valence electrons. The van der Waals surface area contributed by atoms with Crippen molar-refractivity contribution in [2.45, 2.75) is 13.0 Å². The van der Waals surface area contributed by atoms with Crippen LogP contribution in [0.3, 0.4) is 0 Å². The first-order chi connectivity index (χ1) is 20.5. The number of carbonyl (C=O) groups is 1. The Morgan fingerprint density at radius 3 is 2.62 bits per heavy atom. The van der Waals surface area contributed by atoms with E-state index in [0.29, 0.717) is 52.2 Å². The zero-order valence-electron chi connectivity index (χ0n) is 22.9. The van der Waals surface area contributed by atoms with Gasteiger partial charge in [0.15, 0.2) is 0 Å². The molecule has 4 aromatic rings. The molecule has 1 amide bonds. The summed E-state index contributed by atoms with van der Waals surface area (Å²) in [6, 6.07) is 19.2. The molecule has 1 aromatic heterocycles. The van der Waals surface area contributed by atoms with E-state index in [1.165, 1.54) is 6.07 Å². The molecule has 42 heavy (non-hydrogen) atoms. The van der Waals surface area contributed by atoms with Crippen LogP contribution in [0, 0.1) is 5.82 Å². The Labute approximate surface area is 248 Å². The maximum Gasteiger partial charge on any atom is 0.251 e. The number of anilines is 2. The van der Waals surface area contributed by atoms with Gasteiger partial charge in [0, 0.05) is 64.4 Å². The summed E-state index contributed by atoms with van der Waals surface area (Å²) in [5, 5.41) is 6.75. The molecule has 0 bridgehead atoms. The fraction of sp³-hybridized carbons (Fsp3) is 0.250. The number of aliphatic imine (C=N–C) groups is 1. The summed E-state index contributed by atoms with van der Waals surface area (Å²) in [7, 11) is 0. The highest BCUT2D eigenvalue weighted by Gasteiger charge is 2.23. The Hall–Kier alpha value is -4.18. The van der Waals surface area contributed by atoms with Gasteiger partial charge in [-0.05, 0) is 61.5 Å². The number of ether oxygens (including phenoxy) is 1. The molecule has 2 N–H and O–H groups in total. The van der Waals surface area contributed by atoms with E-state index in [1.807, 2.05) is 18.2 Å². The van der Waals surface area contributed by atoms with Gasteiger partial charge in [0.25, 0.3) is 5.91 Å². The summed E-state index contributed by atoms with van der Waals surface area (Å²) < 4.78 is 20.2. The molecule has 6 rings (SSSR count). The van der Waals surface area contributed by atoms with Crippen LogP contribution in [0.15, 0.2) is 77.9 Å². The van der Waals surface area contributed by atoms with E-state index in [2.05, 4.69) is 20.5 Å². The Morgan fingerprint density at radius 2 is 1.81 bits per heavy atom. The van der Waals surface area contributed by atoms with Crippen molar-refractivity contribution in [2.75, 3.05) is 44.7 Å². The third-order valence-electron chi connectivity index (χ3n) is 7.34. The van der Waals surface area contributed by atoms with Crippen molar-refractivity contribution in [1.29, 1.82) is 0 Å². The number of aromatic nitrogens is 2. The molecule has 0 saturated carbocycles. The highest BCUT2D eigenvalue weighted by Crippen LogP contribution is 2.34. The van der Waals surface area contributed by atoms with Crippen LogP contribution in [-0.2, 0) is 11.3 Å². The lowest BCUT2D eigenvalue weighted by Crippen LogP contribution is -2.38. The first-order valence-corrected chi connectivity index (χ1v) is 14.3. The quantitative estimate of drug-likeness (QED) is 0.266. The number of halogens is 2. The first kappa shape index (κ1) is 28.0. The first-order valence-electron chi connectivity index (χ1n) is 14.0. The molecule has 0 radical (unpaired) electrons. The predicted molar refractivity (Wildman–Crippen MR) is 162 cm³/mol. The van der Waals surface area contributed by atoms with Crippen LogP contribution < -0.4 is 10.6 Å². The molecule has 3 heterocycles. The van der Waals surface area contributed by atoms with Gasteiger partial charge in [-0.15, -0.1) is 0 Å². The number of hydrogen-bond acceptors (Lipinski definition) is 7. The Morgan fingerprint density at radius 1 is 1.00 bits per heavy atom. The van der Waals surface area contributed by atoms with Crippen molar-refractivity contribution >= 4 is 34.9 Å². The van der Waals surface area contributed by atoms with Gasteiger partial charge in [-0.25, -0.2) is 14.4 Å².